The van der Waals surface area contributed by atoms with Gasteiger partial charge in [0.25, 0.3) is 0 Å². The van der Waals surface area contributed by atoms with Crippen molar-refractivity contribution in [3.05, 3.63) is 85.1 Å². The van der Waals surface area contributed by atoms with Crippen molar-refractivity contribution in [2.45, 2.75) is 174 Å². The second-order valence-corrected chi connectivity index (χ2v) is 13.0. The number of carbonyl (C=O) groups is 1. The predicted octanol–water partition coefficient (Wildman–Crippen LogP) is 13.2. The van der Waals surface area contributed by atoms with Gasteiger partial charge in [-0.15, -0.1) is 0 Å². The molecule has 0 rings (SSSR count). The van der Waals surface area contributed by atoms with Crippen LogP contribution in [0.3, 0.4) is 0 Å². The summed E-state index contributed by atoms with van der Waals surface area (Å²) in [5.74, 6) is -0.223. The zero-order chi connectivity index (χ0) is 35.6. The summed E-state index contributed by atoms with van der Waals surface area (Å²) in [4.78, 5) is 12.1. The van der Waals surface area contributed by atoms with Crippen LogP contribution in [-0.4, -0.2) is 37.0 Å². The SMILES string of the molecule is CC/C=C\C/C=C\C/C=C\C/C=C\C/C=C\CCCCCCCCCCOCC(CO)OC(=O)CCCCCCC/C=C\C/C=C\CCC. The Morgan fingerprint density at radius 1 is 0.510 bits per heavy atom. The fourth-order valence-corrected chi connectivity index (χ4v) is 5.21. The van der Waals surface area contributed by atoms with Gasteiger partial charge in [-0.05, 0) is 83.5 Å². The van der Waals surface area contributed by atoms with Crippen LogP contribution >= 0.6 is 0 Å². The third kappa shape index (κ3) is 39.9. The number of hydrogen-bond donors (Lipinski definition) is 1. The lowest BCUT2D eigenvalue weighted by Crippen LogP contribution is -2.27. The molecule has 0 bridgehead atoms. The molecule has 0 aromatic heterocycles. The highest BCUT2D eigenvalue weighted by atomic mass is 16.6. The minimum absolute atomic E-state index is 0.186. The van der Waals surface area contributed by atoms with E-state index in [0.29, 0.717) is 13.0 Å². The van der Waals surface area contributed by atoms with E-state index in [0.717, 1.165) is 77.0 Å². The van der Waals surface area contributed by atoms with Crippen molar-refractivity contribution in [3.8, 4) is 0 Å². The van der Waals surface area contributed by atoms with Crippen LogP contribution in [0.2, 0.25) is 0 Å². The van der Waals surface area contributed by atoms with Gasteiger partial charge >= 0.3 is 5.97 Å². The molecule has 0 amide bonds. The smallest absolute Gasteiger partial charge is 0.306 e. The van der Waals surface area contributed by atoms with E-state index >= 15 is 0 Å². The molecule has 0 spiro atoms. The van der Waals surface area contributed by atoms with Gasteiger partial charge < -0.3 is 14.6 Å². The summed E-state index contributed by atoms with van der Waals surface area (Å²) < 4.78 is 11.1. The topological polar surface area (TPSA) is 55.8 Å². The van der Waals surface area contributed by atoms with E-state index in [1.807, 2.05) is 0 Å². The van der Waals surface area contributed by atoms with E-state index in [1.165, 1.54) is 70.6 Å². The standard InChI is InChI=1S/C45H76O4/c1-3-5-7-9-11-13-15-17-18-19-20-21-22-23-24-25-26-27-29-31-33-35-37-39-41-48-43-44(42-46)49-45(47)40-38-36-34-32-30-28-16-14-12-10-8-6-4-2/h5,7-8,10-11,13-14,16-18,20-21,23-24,44,46H,3-4,6,9,12,15,19,22,25-43H2,1-2H3/b7-5-,10-8-,13-11-,16-14-,18-17-,21-20-,24-23-. The number of carbonyl (C=O) groups excluding carboxylic acids is 1. The molecule has 49 heavy (non-hydrogen) atoms. The van der Waals surface area contributed by atoms with E-state index in [2.05, 4.69) is 98.9 Å². The average Bonchev–Trinajstić information content (AvgIpc) is 3.11. The second-order valence-electron chi connectivity index (χ2n) is 13.0. The lowest BCUT2D eigenvalue weighted by atomic mass is 10.1. The van der Waals surface area contributed by atoms with Gasteiger partial charge in [-0.1, -0.05) is 163 Å². The van der Waals surface area contributed by atoms with Gasteiger partial charge in [-0.3, -0.25) is 4.79 Å². The van der Waals surface area contributed by atoms with Crippen molar-refractivity contribution >= 4 is 5.97 Å². The minimum Gasteiger partial charge on any atom is -0.457 e. The van der Waals surface area contributed by atoms with Gasteiger partial charge in [-0.25, -0.2) is 0 Å². The Hall–Kier alpha value is -2.43. The summed E-state index contributed by atoms with van der Waals surface area (Å²) in [6.45, 7) is 5.12. The van der Waals surface area contributed by atoms with E-state index in [1.54, 1.807) is 0 Å². The van der Waals surface area contributed by atoms with Crippen LogP contribution < -0.4 is 0 Å². The Balaban J connectivity index is 3.50. The highest BCUT2D eigenvalue weighted by Crippen LogP contribution is 2.12. The third-order valence-electron chi connectivity index (χ3n) is 8.19. The van der Waals surface area contributed by atoms with E-state index in [-0.39, 0.29) is 19.2 Å². The maximum Gasteiger partial charge on any atom is 0.306 e. The van der Waals surface area contributed by atoms with Crippen molar-refractivity contribution in [2.75, 3.05) is 19.8 Å². The number of esters is 1. The number of aliphatic hydroxyl groups excluding tert-OH is 1. The van der Waals surface area contributed by atoms with E-state index in [9.17, 15) is 9.90 Å². The maximum absolute atomic E-state index is 12.1. The van der Waals surface area contributed by atoms with Crippen LogP contribution in [-0.2, 0) is 14.3 Å². The number of unbranched alkanes of at least 4 members (excludes halogenated alkanes) is 14. The molecular weight excluding hydrogens is 604 g/mol. The first-order chi connectivity index (χ1) is 24.2. The highest BCUT2D eigenvalue weighted by molar-refractivity contribution is 5.69. The van der Waals surface area contributed by atoms with Gasteiger partial charge in [0.05, 0.1) is 13.2 Å². The van der Waals surface area contributed by atoms with Crippen molar-refractivity contribution < 1.29 is 19.4 Å². The number of ether oxygens (including phenoxy) is 2. The number of hydrogen-bond acceptors (Lipinski definition) is 4. The Bertz CT molecular complexity index is 892. The second kappa shape index (κ2) is 41.7. The molecule has 1 unspecified atom stereocenters. The van der Waals surface area contributed by atoms with Crippen molar-refractivity contribution in [2.24, 2.45) is 0 Å². The van der Waals surface area contributed by atoms with Crippen LogP contribution in [0.25, 0.3) is 0 Å². The van der Waals surface area contributed by atoms with Crippen LogP contribution in [0.1, 0.15) is 168 Å². The van der Waals surface area contributed by atoms with Gasteiger partial charge in [0.2, 0.25) is 0 Å². The van der Waals surface area contributed by atoms with Crippen LogP contribution in [0, 0.1) is 0 Å². The van der Waals surface area contributed by atoms with Crippen molar-refractivity contribution in [1.29, 1.82) is 0 Å². The Kier molecular flexibility index (Phi) is 39.7. The summed E-state index contributed by atoms with van der Waals surface area (Å²) in [6, 6.07) is 0. The van der Waals surface area contributed by atoms with Gasteiger partial charge in [0.1, 0.15) is 6.10 Å². The summed E-state index contributed by atoms with van der Waals surface area (Å²) in [6.07, 6.45) is 57.8. The molecule has 0 aliphatic heterocycles. The zero-order valence-electron chi connectivity index (χ0n) is 31.9. The molecular formula is C45H76O4. The molecule has 0 aliphatic rings. The predicted molar refractivity (Wildman–Crippen MR) is 214 cm³/mol. The minimum atomic E-state index is -0.550. The normalized spacial score (nSPS) is 13.3. The first kappa shape index (κ1) is 46.6. The van der Waals surface area contributed by atoms with Gasteiger partial charge in [0, 0.05) is 13.0 Å². The first-order valence-electron chi connectivity index (χ1n) is 20.2. The number of rotatable bonds is 36. The first-order valence-corrected chi connectivity index (χ1v) is 20.2. The molecule has 0 saturated heterocycles. The lowest BCUT2D eigenvalue weighted by molar-refractivity contribution is -0.154. The van der Waals surface area contributed by atoms with Crippen molar-refractivity contribution in [3.63, 3.8) is 0 Å². The molecule has 4 heteroatoms. The average molecular weight is 681 g/mol. The highest BCUT2D eigenvalue weighted by Gasteiger charge is 2.13. The summed E-state index contributed by atoms with van der Waals surface area (Å²) in [7, 11) is 0. The molecule has 1 atom stereocenters. The molecule has 1 N–H and O–H groups in total. The largest absolute Gasteiger partial charge is 0.457 e. The fourth-order valence-electron chi connectivity index (χ4n) is 5.21. The molecule has 0 aliphatic carbocycles. The monoisotopic (exact) mass is 681 g/mol. The zero-order valence-corrected chi connectivity index (χ0v) is 31.9. The van der Waals surface area contributed by atoms with Crippen molar-refractivity contribution in [1.82, 2.24) is 0 Å². The molecule has 4 nitrogen and oxygen atoms in total. The molecule has 0 fully saturated rings. The maximum atomic E-state index is 12.1. The van der Waals surface area contributed by atoms with Crippen LogP contribution in [0.5, 0.6) is 0 Å². The fraction of sp³-hybridized carbons (Fsp3) is 0.667. The molecule has 280 valence electrons. The molecule has 0 aromatic carbocycles. The molecule has 0 aromatic rings. The quantitative estimate of drug-likeness (QED) is 0.0406. The Morgan fingerprint density at radius 2 is 0.918 bits per heavy atom. The van der Waals surface area contributed by atoms with E-state index < -0.39 is 6.10 Å². The summed E-state index contributed by atoms with van der Waals surface area (Å²) >= 11 is 0. The van der Waals surface area contributed by atoms with Gasteiger partial charge in [-0.2, -0.15) is 0 Å². The Morgan fingerprint density at radius 3 is 1.39 bits per heavy atom. The van der Waals surface area contributed by atoms with E-state index in [4.69, 9.17) is 9.47 Å². The van der Waals surface area contributed by atoms with Crippen LogP contribution in [0.4, 0.5) is 0 Å². The van der Waals surface area contributed by atoms with Gasteiger partial charge in [0.15, 0.2) is 0 Å². The number of allylic oxidation sites excluding steroid dienone is 14. The molecule has 0 saturated carbocycles. The molecule has 0 heterocycles. The third-order valence-corrected chi connectivity index (χ3v) is 8.19. The van der Waals surface area contributed by atoms with Crippen LogP contribution in [0.15, 0.2) is 85.1 Å². The molecule has 0 radical (unpaired) electrons. The number of aliphatic hydroxyl groups is 1. The summed E-state index contributed by atoms with van der Waals surface area (Å²) in [5, 5.41) is 9.57. The summed E-state index contributed by atoms with van der Waals surface area (Å²) in [5.41, 5.74) is 0. The lowest BCUT2D eigenvalue weighted by Gasteiger charge is -2.15. The Labute approximate surface area is 303 Å².